The molecular formula is C22H24ClN4O+. The van der Waals surface area contributed by atoms with Gasteiger partial charge in [0.1, 0.15) is 6.20 Å². The van der Waals surface area contributed by atoms with E-state index in [4.69, 9.17) is 11.6 Å². The molecular weight excluding hydrogens is 372 g/mol. The predicted octanol–water partition coefficient (Wildman–Crippen LogP) is 3.82. The maximum atomic E-state index is 12.6. The Morgan fingerprint density at radius 3 is 2.43 bits per heavy atom. The molecule has 0 fully saturated rings. The van der Waals surface area contributed by atoms with Gasteiger partial charge in [0.2, 0.25) is 5.78 Å². The average Bonchev–Trinajstić information content (AvgIpc) is 3.08. The van der Waals surface area contributed by atoms with Crippen molar-refractivity contribution < 1.29 is 9.36 Å². The average molecular weight is 396 g/mol. The number of halogens is 1. The molecule has 0 aliphatic heterocycles. The molecule has 28 heavy (non-hydrogen) atoms. The highest BCUT2D eigenvalue weighted by atomic mass is 35.5. The van der Waals surface area contributed by atoms with Gasteiger partial charge in [0.15, 0.2) is 12.7 Å². The molecule has 0 amide bonds. The number of imidazole rings is 1. The summed E-state index contributed by atoms with van der Waals surface area (Å²) in [5.41, 5.74) is 2.81. The van der Waals surface area contributed by atoms with Crippen molar-refractivity contribution in [1.29, 1.82) is 0 Å². The van der Waals surface area contributed by atoms with E-state index in [1.807, 2.05) is 54.1 Å². The number of hydrogen-bond acceptors (Lipinski definition) is 3. The highest BCUT2D eigenvalue weighted by Crippen LogP contribution is 2.12. The quantitative estimate of drug-likeness (QED) is 0.346. The minimum absolute atomic E-state index is 0.0392. The first-order valence-corrected chi connectivity index (χ1v) is 9.56. The standard InChI is InChI=1S/C22H24ClN4O/c1-4-22-26(16-21(28)18-7-9-19(23)10-8-18)13-14-27(22)24-15-17-5-11-20(12-6-17)25(2)3/h5-15H,4,16H2,1-3H3/q+1/b24-15-. The van der Waals surface area contributed by atoms with Crippen LogP contribution >= 0.6 is 11.6 Å². The normalized spacial score (nSPS) is 11.1. The number of carbonyl (C=O) groups is 1. The van der Waals surface area contributed by atoms with E-state index in [0.717, 1.165) is 23.5 Å². The molecule has 1 aromatic heterocycles. The monoisotopic (exact) mass is 395 g/mol. The van der Waals surface area contributed by atoms with Crippen LogP contribution in [0.4, 0.5) is 5.69 Å². The van der Waals surface area contributed by atoms with Crippen LogP contribution in [0.5, 0.6) is 0 Å². The molecule has 0 radical (unpaired) electrons. The van der Waals surface area contributed by atoms with Crippen molar-refractivity contribution in [3.05, 3.63) is 82.9 Å². The summed E-state index contributed by atoms with van der Waals surface area (Å²) in [5.74, 6) is 1.00. The summed E-state index contributed by atoms with van der Waals surface area (Å²) in [6, 6.07) is 15.2. The molecule has 144 valence electrons. The maximum absolute atomic E-state index is 12.6. The number of aromatic nitrogens is 2. The molecule has 6 heteroatoms. The van der Waals surface area contributed by atoms with Gasteiger partial charge in [0, 0.05) is 36.8 Å². The summed E-state index contributed by atoms with van der Waals surface area (Å²) >= 11 is 5.90. The largest absolute Gasteiger partial charge is 0.378 e. The Kier molecular flexibility index (Phi) is 6.26. The van der Waals surface area contributed by atoms with Crippen molar-refractivity contribution in [2.75, 3.05) is 19.0 Å². The Labute approximate surface area is 170 Å². The fourth-order valence-corrected chi connectivity index (χ4v) is 3.06. The van der Waals surface area contributed by atoms with Crippen LogP contribution in [-0.2, 0) is 13.0 Å². The number of carbonyl (C=O) groups excluding carboxylic acids is 1. The Hall–Kier alpha value is -2.92. The number of Topliss-reactive ketones (excluding diaryl/α,β-unsaturated/α-hetero) is 1. The Balaban J connectivity index is 1.76. The lowest BCUT2D eigenvalue weighted by molar-refractivity contribution is -0.690. The fraction of sp³-hybridized carbons (Fsp3) is 0.227. The molecule has 2 aromatic carbocycles. The Morgan fingerprint density at radius 1 is 1.14 bits per heavy atom. The van der Waals surface area contributed by atoms with E-state index in [1.165, 1.54) is 0 Å². The lowest BCUT2D eigenvalue weighted by Crippen LogP contribution is -2.40. The summed E-state index contributed by atoms with van der Waals surface area (Å²) in [4.78, 5) is 14.6. The third-order valence-electron chi connectivity index (χ3n) is 4.52. The number of ketones is 1. The highest BCUT2D eigenvalue weighted by Gasteiger charge is 2.18. The number of hydrogen-bond donors (Lipinski definition) is 0. The van der Waals surface area contributed by atoms with Gasteiger partial charge in [-0.25, -0.2) is 4.57 Å². The smallest absolute Gasteiger partial charge is 0.282 e. The van der Waals surface area contributed by atoms with Crippen LogP contribution < -0.4 is 9.47 Å². The molecule has 3 rings (SSSR count). The molecule has 0 N–H and O–H groups in total. The first kappa shape index (κ1) is 19.8. The number of anilines is 1. The van der Waals surface area contributed by atoms with Gasteiger partial charge in [0.05, 0.1) is 6.21 Å². The Bertz CT molecular complexity index is 973. The van der Waals surface area contributed by atoms with Crippen molar-refractivity contribution in [3.8, 4) is 0 Å². The first-order valence-electron chi connectivity index (χ1n) is 9.18. The second kappa shape index (κ2) is 8.85. The lowest BCUT2D eigenvalue weighted by atomic mass is 10.1. The zero-order valence-corrected chi connectivity index (χ0v) is 17.1. The van der Waals surface area contributed by atoms with Gasteiger partial charge < -0.3 is 4.90 Å². The number of benzene rings is 2. The van der Waals surface area contributed by atoms with Crippen molar-refractivity contribution in [2.24, 2.45) is 5.10 Å². The van der Waals surface area contributed by atoms with E-state index in [1.54, 1.807) is 24.3 Å². The maximum Gasteiger partial charge on any atom is 0.282 e. The van der Waals surface area contributed by atoms with Crippen molar-refractivity contribution >= 4 is 29.3 Å². The summed E-state index contributed by atoms with van der Waals surface area (Å²) in [6.45, 7) is 2.32. The summed E-state index contributed by atoms with van der Waals surface area (Å²) in [7, 11) is 4.03. The van der Waals surface area contributed by atoms with Crippen molar-refractivity contribution in [1.82, 2.24) is 4.68 Å². The van der Waals surface area contributed by atoms with Crippen molar-refractivity contribution in [2.45, 2.75) is 19.9 Å². The predicted molar refractivity (Wildman–Crippen MR) is 114 cm³/mol. The number of nitrogens with zero attached hydrogens (tertiary/aromatic N) is 4. The third-order valence-corrected chi connectivity index (χ3v) is 4.77. The van der Waals surface area contributed by atoms with Gasteiger partial charge in [-0.3, -0.25) is 4.79 Å². The molecule has 0 aliphatic rings. The summed E-state index contributed by atoms with van der Waals surface area (Å²) in [6.07, 6.45) is 6.35. The highest BCUT2D eigenvalue weighted by molar-refractivity contribution is 6.30. The van der Waals surface area contributed by atoms with Crippen LogP contribution in [0.2, 0.25) is 5.02 Å². The van der Waals surface area contributed by atoms with Gasteiger partial charge in [-0.15, -0.1) is 4.68 Å². The van der Waals surface area contributed by atoms with E-state index in [0.29, 0.717) is 10.6 Å². The van der Waals surface area contributed by atoms with Crippen molar-refractivity contribution in [3.63, 3.8) is 0 Å². The van der Waals surface area contributed by atoms with Crippen LogP contribution in [0.3, 0.4) is 0 Å². The lowest BCUT2D eigenvalue weighted by Gasteiger charge is -2.11. The molecule has 0 saturated carbocycles. The molecule has 0 atom stereocenters. The van der Waals surface area contributed by atoms with Gasteiger partial charge in [0.25, 0.3) is 5.82 Å². The molecule has 0 spiro atoms. The third kappa shape index (κ3) is 4.67. The fourth-order valence-electron chi connectivity index (χ4n) is 2.93. The zero-order chi connectivity index (χ0) is 20.1. The van der Waals surface area contributed by atoms with E-state index in [-0.39, 0.29) is 12.3 Å². The zero-order valence-electron chi connectivity index (χ0n) is 16.3. The molecule has 0 saturated heterocycles. The minimum atomic E-state index is 0.0392. The topological polar surface area (TPSA) is 41.5 Å². The second-order valence-corrected chi connectivity index (χ2v) is 7.14. The van der Waals surface area contributed by atoms with Crippen LogP contribution in [0.15, 0.2) is 66.0 Å². The van der Waals surface area contributed by atoms with Crippen LogP contribution in [0.25, 0.3) is 0 Å². The van der Waals surface area contributed by atoms with E-state index in [2.05, 4.69) is 29.1 Å². The molecule has 0 bridgehead atoms. The van der Waals surface area contributed by atoms with Gasteiger partial charge >= 0.3 is 0 Å². The molecule has 3 aromatic rings. The molecule has 1 heterocycles. The second-order valence-electron chi connectivity index (χ2n) is 6.70. The molecule has 0 unspecified atom stereocenters. The van der Waals surface area contributed by atoms with E-state index < -0.39 is 0 Å². The molecule has 5 nitrogen and oxygen atoms in total. The van der Waals surface area contributed by atoms with Crippen LogP contribution in [-0.4, -0.2) is 30.8 Å². The first-order chi connectivity index (χ1) is 13.5. The number of rotatable bonds is 7. The van der Waals surface area contributed by atoms with Crippen LogP contribution in [0, 0.1) is 0 Å². The van der Waals surface area contributed by atoms with Gasteiger partial charge in [-0.1, -0.05) is 35.8 Å². The SMILES string of the molecule is CCc1n(/N=C\c2ccc(N(C)C)cc2)cc[n+]1CC(=O)c1ccc(Cl)cc1. The van der Waals surface area contributed by atoms with Crippen LogP contribution in [0.1, 0.15) is 28.7 Å². The van der Waals surface area contributed by atoms with E-state index in [9.17, 15) is 4.79 Å². The summed E-state index contributed by atoms with van der Waals surface area (Å²) < 4.78 is 3.75. The van der Waals surface area contributed by atoms with Gasteiger partial charge in [-0.2, -0.15) is 0 Å². The van der Waals surface area contributed by atoms with Gasteiger partial charge in [-0.05, 0) is 42.0 Å². The molecule has 0 aliphatic carbocycles. The summed E-state index contributed by atoms with van der Waals surface area (Å²) in [5, 5.41) is 5.19. The minimum Gasteiger partial charge on any atom is -0.378 e. The Morgan fingerprint density at radius 2 is 1.82 bits per heavy atom. The van der Waals surface area contributed by atoms with E-state index >= 15 is 0 Å².